The third kappa shape index (κ3) is 4.85. The number of methoxy groups -OCH3 is 2. The van der Waals surface area contributed by atoms with Crippen molar-refractivity contribution in [3.05, 3.63) is 0 Å². The van der Waals surface area contributed by atoms with Crippen LogP contribution in [-0.2, 0) is 14.3 Å². The van der Waals surface area contributed by atoms with Gasteiger partial charge in [-0.15, -0.1) is 0 Å². The smallest absolute Gasteiger partial charge is 0.312 e. The molecule has 0 aromatic carbocycles. The summed E-state index contributed by atoms with van der Waals surface area (Å²) >= 11 is 0. The van der Waals surface area contributed by atoms with E-state index in [1.54, 1.807) is 7.11 Å². The predicted octanol–water partition coefficient (Wildman–Crippen LogP) is 0.422. The minimum atomic E-state index is -0.470. The number of carbonyl (C=O) groups is 1. The van der Waals surface area contributed by atoms with Crippen LogP contribution in [0, 0.1) is 5.41 Å². The van der Waals surface area contributed by atoms with Gasteiger partial charge in [0.25, 0.3) is 0 Å². The van der Waals surface area contributed by atoms with E-state index in [4.69, 9.17) is 4.74 Å². The quantitative estimate of drug-likeness (QED) is 0.486. The predicted molar refractivity (Wildman–Crippen MR) is 50.5 cm³/mol. The normalized spacial score (nSPS) is 11.4. The Balaban J connectivity index is 3.69. The van der Waals surface area contributed by atoms with Gasteiger partial charge in [0, 0.05) is 20.2 Å². The van der Waals surface area contributed by atoms with Crippen molar-refractivity contribution in [2.75, 3.05) is 33.9 Å². The van der Waals surface area contributed by atoms with Crippen LogP contribution in [0.2, 0.25) is 0 Å². The van der Waals surface area contributed by atoms with Crippen molar-refractivity contribution in [2.45, 2.75) is 13.8 Å². The second kappa shape index (κ2) is 5.94. The molecule has 0 spiro atoms. The molecule has 0 aliphatic carbocycles. The summed E-state index contributed by atoms with van der Waals surface area (Å²) in [7, 11) is 3.05. The lowest BCUT2D eigenvalue weighted by Gasteiger charge is -2.21. The molecule has 0 bridgehead atoms. The number of hydrogen-bond donors (Lipinski definition) is 1. The topological polar surface area (TPSA) is 47.6 Å². The molecule has 0 fully saturated rings. The van der Waals surface area contributed by atoms with Crippen molar-refractivity contribution in [1.29, 1.82) is 0 Å². The van der Waals surface area contributed by atoms with Crippen molar-refractivity contribution in [2.24, 2.45) is 5.41 Å². The number of rotatable bonds is 6. The van der Waals surface area contributed by atoms with Gasteiger partial charge in [-0.05, 0) is 13.8 Å². The fraction of sp³-hybridized carbons (Fsp3) is 0.889. The van der Waals surface area contributed by atoms with Crippen molar-refractivity contribution < 1.29 is 14.3 Å². The SMILES string of the molecule is COCCNCC(C)(C)C(=O)OC. The lowest BCUT2D eigenvalue weighted by Crippen LogP contribution is -2.38. The number of ether oxygens (including phenoxy) is 2. The summed E-state index contributed by atoms with van der Waals surface area (Å²) in [6, 6.07) is 0. The van der Waals surface area contributed by atoms with Gasteiger partial charge in [-0.1, -0.05) is 0 Å². The molecule has 0 saturated carbocycles. The monoisotopic (exact) mass is 189 g/mol. The fourth-order valence-electron chi connectivity index (χ4n) is 0.924. The molecule has 0 aliphatic rings. The summed E-state index contributed by atoms with van der Waals surface area (Å²) in [5.41, 5.74) is -0.470. The van der Waals surface area contributed by atoms with E-state index in [1.165, 1.54) is 7.11 Å². The molecule has 4 heteroatoms. The molecule has 0 aliphatic heterocycles. The molecule has 13 heavy (non-hydrogen) atoms. The molecule has 0 aromatic heterocycles. The van der Waals surface area contributed by atoms with E-state index in [0.29, 0.717) is 13.2 Å². The Labute approximate surface area is 79.6 Å². The molecular formula is C9H19NO3. The molecule has 0 aromatic rings. The molecule has 78 valence electrons. The van der Waals surface area contributed by atoms with Crippen LogP contribution in [0.25, 0.3) is 0 Å². The van der Waals surface area contributed by atoms with E-state index in [9.17, 15) is 4.79 Å². The van der Waals surface area contributed by atoms with Gasteiger partial charge in [0.15, 0.2) is 0 Å². The van der Waals surface area contributed by atoms with E-state index in [0.717, 1.165) is 6.54 Å². The maximum absolute atomic E-state index is 11.2. The van der Waals surface area contributed by atoms with Crippen LogP contribution >= 0.6 is 0 Å². The first-order valence-electron chi connectivity index (χ1n) is 4.32. The molecule has 1 N–H and O–H groups in total. The molecule has 0 heterocycles. The molecule has 0 radical (unpaired) electrons. The van der Waals surface area contributed by atoms with Gasteiger partial charge in [-0.3, -0.25) is 4.79 Å². The lowest BCUT2D eigenvalue weighted by molar-refractivity contribution is -0.150. The summed E-state index contributed by atoms with van der Waals surface area (Å²) in [5.74, 6) is -0.197. The molecule has 0 amide bonds. The summed E-state index contributed by atoms with van der Waals surface area (Å²) in [5, 5.41) is 3.12. The van der Waals surface area contributed by atoms with Crippen LogP contribution in [0.4, 0.5) is 0 Å². The largest absolute Gasteiger partial charge is 0.469 e. The Kier molecular flexibility index (Phi) is 5.66. The van der Waals surface area contributed by atoms with Gasteiger partial charge in [-0.25, -0.2) is 0 Å². The zero-order valence-electron chi connectivity index (χ0n) is 8.85. The summed E-state index contributed by atoms with van der Waals surface area (Å²) in [6.07, 6.45) is 0. The Morgan fingerprint density at radius 2 is 2.00 bits per heavy atom. The minimum absolute atomic E-state index is 0.197. The Morgan fingerprint density at radius 3 is 2.46 bits per heavy atom. The van der Waals surface area contributed by atoms with Gasteiger partial charge in [0.1, 0.15) is 0 Å². The molecular weight excluding hydrogens is 170 g/mol. The second-order valence-electron chi connectivity index (χ2n) is 3.55. The highest BCUT2D eigenvalue weighted by molar-refractivity contribution is 5.75. The summed E-state index contributed by atoms with van der Waals surface area (Å²) in [4.78, 5) is 11.2. The maximum Gasteiger partial charge on any atom is 0.312 e. The van der Waals surface area contributed by atoms with E-state index < -0.39 is 5.41 Å². The standard InChI is InChI=1S/C9H19NO3/c1-9(2,8(11)13-4)7-10-5-6-12-3/h10H,5-7H2,1-4H3. The Morgan fingerprint density at radius 1 is 1.38 bits per heavy atom. The molecule has 0 unspecified atom stereocenters. The third-order valence-corrected chi connectivity index (χ3v) is 1.79. The van der Waals surface area contributed by atoms with Crippen LogP contribution in [-0.4, -0.2) is 39.9 Å². The van der Waals surface area contributed by atoms with Crippen molar-refractivity contribution in [3.8, 4) is 0 Å². The second-order valence-corrected chi connectivity index (χ2v) is 3.55. The van der Waals surface area contributed by atoms with Crippen molar-refractivity contribution in [1.82, 2.24) is 5.32 Å². The highest BCUT2D eigenvalue weighted by Gasteiger charge is 2.27. The van der Waals surface area contributed by atoms with Crippen molar-refractivity contribution in [3.63, 3.8) is 0 Å². The van der Waals surface area contributed by atoms with Gasteiger partial charge in [-0.2, -0.15) is 0 Å². The average molecular weight is 189 g/mol. The number of esters is 1. The molecule has 0 rings (SSSR count). The van der Waals surface area contributed by atoms with Gasteiger partial charge in [0.05, 0.1) is 19.1 Å². The highest BCUT2D eigenvalue weighted by atomic mass is 16.5. The Hall–Kier alpha value is -0.610. The van der Waals surface area contributed by atoms with E-state index in [-0.39, 0.29) is 5.97 Å². The van der Waals surface area contributed by atoms with Crippen molar-refractivity contribution >= 4 is 5.97 Å². The third-order valence-electron chi connectivity index (χ3n) is 1.79. The number of carbonyl (C=O) groups excluding carboxylic acids is 1. The van der Waals surface area contributed by atoms with Gasteiger partial charge in [0.2, 0.25) is 0 Å². The zero-order chi connectivity index (χ0) is 10.3. The van der Waals surface area contributed by atoms with Gasteiger partial charge < -0.3 is 14.8 Å². The first-order valence-corrected chi connectivity index (χ1v) is 4.32. The van der Waals surface area contributed by atoms with Crippen LogP contribution < -0.4 is 5.32 Å². The Bertz CT molecular complexity index is 157. The number of nitrogens with one attached hydrogen (secondary N) is 1. The maximum atomic E-state index is 11.2. The minimum Gasteiger partial charge on any atom is -0.469 e. The number of hydrogen-bond acceptors (Lipinski definition) is 4. The van der Waals surface area contributed by atoms with Crippen LogP contribution in [0.3, 0.4) is 0 Å². The summed E-state index contributed by atoms with van der Waals surface area (Å²) < 4.78 is 9.53. The fourth-order valence-corrected chi connectivity index (χ4v) is 0.924. The summed E-state index contributed by atoms with van der Waals surface area (Å²) in [6.45, 7) is 5.69. The van der Waals surface area contributed by atoms with E-state index in [2.05, 4.69) is 10.1 Å². The van der Waals surface area contributed by atoms with Crippen LogP contribution in [0.15, 0.2) is 0 Å². The lowest BCUT2D eigenvalue weighted by atomic mass is 9.94. The molecule has 0 atom stereocenters. The zero-order valence-corrected chi connectivity index (χ0v) is 8.85. The molecule has 4 nitrogen and oxygen atoms in total. The first kappa shape index (κ1) is 12.4. The van der Waals surface area contributed by atoms with Crippen LogP contribution in [0.5, 0.6) is 0 Å². The van der Waals surface area contributed by atoms with Gasteiger partial charge >= 0.3 is 5.97 Å². The first-order chi connectivity index (χ1) is 6.04. The van der Waals surface area contributed by atoms with E-state index in [1.807, 2.05) is 13.8 Å². The highest BCUT2D eigenvalue weighted by Crippen LogP contribution is 2.14. The van der Waals surface area contributed by atoms with E-state index >= 15 is 0 Å². The molecule has 0 saturated heterocycles. The average Bonchev–Trinajstić information content (AvgIpc) is 2.11. The van der Waals surface area contributed by atoms with Crippen LogP contribution in [0.1, 0.15) is 13.8 Å².